The molecule has 1 aromatic heterocycles. The highest BCUT2D eigenvalue weighted by molar-refractivity contribution is 5.74. The van der Waals surface area contributed by atoms with Crippen LogP contribution in [0.2, 0.25) is 0 Å². The van der Waals surface area contributed by atoms with E-state index in [-0.39, 0.29) is 18.6 Å². The van der Waals surface area contributed by atoms with Gasteiger partial charge in [-0.3, -0.25) is 0 Å². The molecule has 1 fully saturated rings. The summed E-state index contributed by atoms with van der Waals surface area (Å²) >= 11 is 0. The number of aromatic nitrogens is 2. The van der Waals surface area contributed by atoms with E-state index >= 15 is 0 Å². The topological polar surface area (TPSA) is 70.4 Å². The van der Waals surface area contributed by atoms with Crippen LogP contribution in [-0.2, 0) is 13.1 Å². The van der Waals surface area contributed by atoms with Crippen LogP contribution in [0.5, 0.6) is 0 Å². The Kier molecular flexibility index (Phi) is 4.92. The summed E-state index contributed by atoms with van der Waals surface area (Å²) in [6.45, 7) is 2.80. The second-order valence-corrected chi connectivity index (χ2v) is 6.00. The molecule has 1 aliphatic rings. The largest absolute Gasteiger partial charge is 0.396 e. The zero-order valence-corrected chi connectivity index (χ0v) is 13.1. The summed E-state index contributed by atoms with van der Waals surface area (Å²) < 4.78 is 2.01. The van der Waals surface area contributed by atoms with Gasteiger partial charge >= 0.3 is 6.03 Å². The van der Waals surface area contributed by atoms with Crippen LogP contribution in [0, 0.1) is 5.92 Å². The zero-order chi connectivity index (χ0) is 16.1. The van der Waals surface area contributed by atoms with Crippen LogP contribution in [-0.4, -0.2) is 45.3 Å². The summed E-state index contributed by atoms with van der Waals surface area (Å²) in [5.41, 5.74) is 2.25. The van der Waals surface area contributed by atoms with Crippen molar-refractivity contribution in [2.45, 2.75) is 19.5 Å². The molecule has 0 saturated carbocycles. The van der Waals surface area contributed by atoms with Crippen LogP contribution in [0.15, 0.2) is 43.0 Å². The standard InChI is InChI=1S/C17H22N4O2/c22-12-16-4-6-21(11-16)17(23)19-9-14-2-1-3-15(8-14)10-20-7-5-18-13-20/h1-3,5,7-8,13,16,22H,4,6,9-12H2,(H,19,23). The van der Waals surface area contributed by atoms with E-state index in [9.17, 15) is 4.79 Å². The lowest BCUT2D eigenvalue weighted by Crippen LogP contribution is -2.38. The fraction of sp³-hybridized carbons (Fsp3) is 0.412. The van der Waals surface area contributed by atoms with Gasteiger partial charge in [-0.05, 0) is 17.5 Å². The highest BCUT2D eigenvalue weighted by Gasteiger charge is 2.25. The van der Waals surface area contributed by atoms with Crippen LogP contribution < -0.4 is 5.32 Å². The number of rotatable bonds is 5. The predicted molar refractivity (Wildman–Crippen MR) is 86.8 cm³/mol. The number of amides is 2. The summed E-state index contributed by atoms with van der Waals surface area (Å²) in [6.07, 6.45) is 6.36. The Morgan fingerprint density at radius 2 is 2.26 bits per heavy atom. The number of hydrogen-bond donors (Lipinski definition) is 2. The number of nitrogens with zero attached hydrogens (tertiary/aromatic N) is 3. The number of aliphatic hydroxyl groups excluding tert-OH is 1. The van der Waals surface area contributed by atoms with E-state index in [1.165, 1.54) is 5.56 Å². The maximum Gasteiger partial charge on any atom is 0.317 e. The number of hydrogen-bond acceptors (Lipinski definition) is 3. The minimum Gasteiger partial charge on any atom is -0.396 e. The number of carbonyl (C=O) groups is 1. The van der Waals surface area contributed by atoms with E-state index in [1.54, 1.807) is 17.4 Å². The monoisotopic (exact) mass is 314 g/mol. The number of carbonyl (C=O) groups excluding carboxylic acids is 1. The molecule has 6 nitrogen and oxygen atoms in total. The Labute approximate surface area is 135 Å². The van der Waals surface area contributed by atoms with Crippen LogP contribution in [0.1, 0.15) is 17.5 Å². The molecule has 1 unspecified atom stereocenters. The highest BCUT2D eigenvalue weighted by atomic mass is 16.3. The van der Waals surface area contributed by atoms with E-state index in [0.29, 0.717) is 13.1 Å². The molecule has 6 heteroatoms. The third-order valence-corrected chi connectivity index (χ3v) is 4.19. The van der Waals surface area contributed by atoms with E-state index in [2.05, 4.69) is 22.4 Å². The first-order chi connectivity index (χ1) is 11.2. The summed E-state index contributed by atoms with van der Waals surface area (Å²) in [7, 11) is 0. The first-order valence-corrected chi connectivity index (χ1v) is 7.92. The van der Waals surface area contributed by atoms with Crippen molar-refractivity contribution < 1.29 is 9.90 Å². The molecule has 2 aromatic rings. The van der Waals surface area contributed by atoms with Crippen molar-refractivity contribution in [1.82, 2.24) is 19.8 Å². The predicted octanol–water partition coefficient (Wildman–Crippen LogP) is 1.46. The van der Waals surface area contributed by atoms with Crippen molar-refractivity contribution in [3.8, 4) is 0 Å². The van der Waals surface area contributed by atoms with Crippen LogP contribution in [0.4, 0.5) is 4.79 Å². The molecule has 0 spiro atoms. The Hall–Kier alpha value is -2.34. The number of imidazole rings is 1. The molecule has 3 rings (SSSR count). The van der Waals surface area contributed by atoms with Crippen LogP contribution >= 0.6 is 0 Å². The molecular formula is C17H22N4O2. The quantitative estimate of drug-likeness (QED) is 0.877. The Morgan fingerprint density at radius 3 is 3.00 bits per heavy atom. The average Bonchev–Trinajstić information content (AvgIpc) is 3.24. The van der Waals surface area contributed by atoms with E-state index in [1.807, 2.05) is 22.9 Å². The molecule has 0 radical (unpaired) electrons. The minimum absolute atomic E-state index is 0.0547. The summed E-state index contributed by atoms with van der Waals surface area (Å²) in [4.78, 5) is 18.0. The van der Waals surface area contributed by atoms with E-state index < -0.39 is 0 Å². The number of aliphatic hydroxyl groups is 1. The molecule has 23 heavy (non-hydrogen) atoms. The lowest BCUT2D eigenvalue weighted by atomic mass is 10.1. The first-order valence-electron chi connectivity index (χ1n) is 7.92. The minimum atomic E-state index is -0.0547. The maximum atomic E-state index is 12.1. The Balaban J connectivity index is 1.53. The summed E-state index contributed by atoms with van der Waals surface area (Å²) in [5.74, 6) is 0.222. The van der Waals surface area contributed by atoms with Gasteiger partial charge in [-0.1, -0.05) is 24.3 Å². The second-order valence-electron chi connectivity index (χ2n) is 6.00. The summed E-state index contributed by atoms with van der Waals surface area (Å²) in [5, 5.41) is 12.1. The number of nitrogens with one attached hydrogen (secondary N) is 1. The third-order valence-electron chi connectivity index (χ3n) is 4.19. The van der Waals surface area contributed by atoms with Gasteiger partial charge in [0.2, 0.25) is 0 Å². The normalized spacial score (nSPS) is 17.4. The van der Waals surface area contributed by atoms with Crippen molar-refractivity contribution in [2.24, 2.45) is 5.92 Å². The average molecular weight is 314 g/mol. The van der Waals surface area contributed by atoms with E-state index in [4.69, 9.17) is 5.11 Å². The van der Waals surface area contributed by atoms with Gasteiger partial charge in [-0.2, -0.15) is 0 Å². The number of benzene rings is 1. The fourth-order valence-corrected chi connectivity index (χ4v) is 2.88. The molecular weight excluding hydrogens is 292 g/mol. The lowest BCUT2D eigenvalue weighted by Gasteiger charge is -2.17. The lowest BCUT2D eigenvalue weighted by molar-refractivity contribution is 0.198. The molecule has 2 heterocycles. The van der Waals surface area contributed by atoms with Crippen molar-refractivity contribution >= 4 is 6.03 Å². The van der Waals surface area contributed by atoms with E-state index in [0.717, 1.165) is 25.1 Å². The molecule has 1 atom stereocenters. The van der Waals surface area contributed by atoms with Crippen LogP contribution in [0.25, 0.3) is 0 Å². The van der Waals surface area contributed by atoms with Crippen molar-refractivity contribution in [3.05, 3.63) is 54.1 Å². The number of urea groups is 1. The van der Waals surface area contributed by atoms with Crippen molar-refractivity contribution in [1.29, 1.82) is 0 Å². The smallest absolute Gasteiger partial charge is 0.317 e. The van der Waals surface area contributed by atoms with Gasteiger partial charge in [0.05, 0.1) is 6.33 Å². The number of likely N-dealkylation sites (tertiary alicyclic amines) is 1. The highest BCUT2D eigenvalue weighted by Crippen LogP contribution is 2.15. The van der Waals surface area contributed by atoms with Gasteiger partial charge < -0.3 is 19.9 Å². The van der Waals surface area contributed by atoms with Crippen LogP contribution in [0.3, 0.4) is 0 Å². The van der Waals surface area contributed by atoms with Gasteiger partial charge in [0.25, 0.3) is 0 Å². The van der Waals surface area contributed by atoms with Gasteiger partial charge in [0, 0.05) is 51.1 Å². The second kappa shape index (κ2) is 7.28. The molecule has 1 aromatic carbocycles. The molecule has 0 bridgehead atoms. The molecule has 2 N–H and O–H groups in total. The van der Waals surface area contributed by atoms with Gasteiger partial charge in [0.1, 0.15) is 0 Å². The zero-order valence-electron chi connectivity index (χ0n) is 13.1. The summed E-state index contributed by atoms with van der Waals surface area (Å²) in [6, 6.07) is 8.13. The van der Waals surface area contributed by atoms with Gasteiger partial charge in [-0.15, -0.1) is 0 Å². The fourth-order valence-electron chi connectivity index (χ4n) is 2.88. The van der Waals surface area contributed by atoms with Gasteiger partial charge in [0.15, 0.2) is 0 Å². The van der Waals surface area contributed by atoms with Gasteiger partial charge in [-0.25, -0.2) is 9.78 Å². The maximum absolute atomic E-state index is 12.1. The first kappa shape index (κ1) is 15.6. The third kappa shape index (κ3) is 4.10. The van der Waals surface area contributed by atoms with Crippen molar-refractivity contribution in [2.75, 3.05) is 19.7 Å². The Morgan fingerprint density at radius 1 is 1.39 bits per heavy atom. The van der Waals surface area contributed by atoms with Crippen molar-refractivity contribution in [3.63, 3.8) is 0 Å². The molecule has 2 amide bonds. The molecule has 1 saturated heterocycles. The molecule has 1 aliphatic heterocycles. The SMILES string of the molecule is O=C(NCc1cccc(Cn2ccnc2)c1)N1CCC(CO)C1. The Bertz CT molecular complexity index is 642. The molecule has 0 aliphatic carbocycles. The molecule has 122 valence electrons.